The molecule has 0 bridgehead atoms. The summed E-state index contributed by atoms with van der Waals surface area (Å²) in [5, 5.41) is 8.78. The number of aromatic carboxylic acids is 1. The highest BCUT2D eigenvalue weighted by atomic mass is 32.2. The first-order valence-electron chi connectivity index (χ1n) is 6.72. The highest BCUT2D eigenvalue weighted by molar-refractivity contribution is 7.88. The summed E-state index contributed by atoms with van der Waals surface area (Å²) in [4.78, 5) is 28.3. The van der Waals surface area contributed by atoms with Crippen LogP contribution in [0, 0.1) is 0 Å². The zero-order chi connectivity index (χ0) is 16.3. The zero-order valence-corrected chi connectivity index (χ0v) is 12.8. The molecule has 1 aromatic heterocycles. The van der Waals surface area contributed by atoms with Crippen molar-refractivity contribution in [2.45, 2.75) is 18.9 Å². The quantitative estimate of drug-likeness (QED) is 0.800. The van der Waals surface area contributed by atoms with Crippen molar-refractivity contribution in [3.63, 3.8) is 0 Å². The Balaban J connectivity index is 2.07. The van der Waals surface area contributed by atoms with Gasteiger partial charge in [0.2, 0.25) is 10.0 Å². The Kier molecular flexibility index (Phi) is 4.77. The van der Waals surface area contributed by atoms with Gasteiger partial charge >= 0.3 is 5.97 Å². The molecule has 1 amide bonds. The third-order valence-corrected chi connectivity index (χ3v) is 4.08. The molecule has 1 aromatic rings. The Morgan fingerprint density at radius 1 is 1.41 bits per heavy atom. The number of carbonyl (C=O) groups excluding carboxylic acids is 1. The van der Waals surface area contributed by atoms with Gasteiger partial charge in [-0.3, -0.25) is 4.79 Å². The van der Waals surface area contributed by atoms with Crippen LogP contribution in [-0.2, 0) is 10.0 Å². The standard InChI is InChI=1S/C13H17N3O5S/c1-22(20,21)15-10-3-2-6-16(8-10)12(17)9-4-5-11(13(18)19)14-7-9/h4-5,7,10,15H,2-3,6,8H2,1H3,(H,18,19)/t10-/m1/s1. The number of sulfonamides is 1. The van der Waals surface area contributed by atoms with E-state index in [1.807, 2.05) is 0 Å². The molecule has 0 saturated carbocycles. The number of aromatic nitrogens is 1. The van der Waals surface area contributed by atoms with Crippen LogP contribution >= 0.6 is 0 Å². The Labute approximate surface area is 128 Å². The minimum Gasteiger partial charge on any atom is -0.477 e. The predicted octanol–water partition coefficient (Wildman–Crippen LogP) is -0.0664. The van der Waals surface area contributed by atoms with E-state index < -0.39 is 16.0 Å². The molecule has 1 atom stereocenters. The van der Waals surface area contributed by atoms with E-state index in [0.717, 1.165) is 6.26 Å². The number of hydrogen-bond acceptors (Lipinski definition) is 5. The normalized spacial score (nSPS) is 19.0. The van der Waals surface area contributed by atoms with Gasteiger partial charge < -0.3 is 10.0 Å². The number of nitrogens with zero attached hydrogens (tertiary/aromatic N) is 2. The van der Waals surface area contributed by atoms with Gasteiger partial charge in [-0.2, -0.15) is 0 Å². The number of rotatable bonds is 4. The summed E-state index contributed by atoms with van der Waals surface area (Å²) in [6.07, 6.45) is 3.67. The molecule has 1 aliphatic heterocycles. The zero-order valence-electron chi connectivity index (χ0n) is 12.0. The second-order valence-corrected chi connectivity index (χ2v) is 7.00. The largest absolute Gasteiger partial charge is 0.477 e. The number of carboxylic acid groups (broad SMARTS) is 1. The maximum Gasteiger partial charge on any atom is 0.354 e. The van der Waals surface area contributed by atoms with Crippen LogP contribution in [0.1, 0.15) is 33.7 Å². The van der Waals surface area contributed by atoms with Crippen LogP contribution in [0.2, 0.25) is 0 Å². The van der Waals surface area contributed by atoms with Crippen molar-refractivity contribution < 1.29 is 23.1 Å². The molecule has 0 aliphatic carbocycles. The molecule has 2 rings (SSSR count). The third kappa shape index (κ3) is 4.25. The van der Waals surface area contributed by atoms with Crippen LogP contribution in [0.15, 0.2) is 18.3 Å². The van der Waals surface area contributed by atoms with Gasteiger partial charge in [-0.1, -0.05) is 0 Å². The van der Waals surface area contributed by atoms with E-state index >= 15 is 0 Å². The predicted molar refractivity (Wildman–Crippen MR) is 78.1 cm³/mol. The molecular formula is C13H17N3O5S. The van der Waals surface area contributed by atoms with Crippen molar-refractivity contribution in [2.75, 3.05) is 19.3 Å². The van der Waals surface area contributed by atoms with E-state index in [0.29, 0.717) is 19.4 Å². The lowest BCUT2D eigenvalue weighted by molar-refractivity contribution is 0.0680. The van der Waals surface area contributed by atoms with E-state index in [1.165, 1.54) is 18.3 Å². The number of carboxylic acids is 1. The molecular weight excluding hydrogens is 310 g/mol. The molecule has 1 aliphatic rings. The van der Waals surface area contributed by atoms with Crippen molar-refractivity contribution in [2.24, 2.45) is 0 Å². The molecule has 22 heavy (non-hydrogen) atoms. The lowest BCUT2D eigenvalue weighted by Gasteiger charge is -2.32. The second-order valence-electron chi connectivity index (χ2n) is 5.22. The third-order valence-electron chi connectivity index (χ3n) is 3.32. The van der Waals surface area contributed by atoms with E-state index in [9.17, 15) is 18.0 Å². The summed E-state index contributed by atoms with van der Waals surface area (Å²) in [5.41, 5.74) is 0.150. The van der Waals surface area contributed by atoms with E-state index in [1.54, 1.807) is 4.90 Å². The molecule has 2 heterocycles. The van der Waals surface area contributed by atoms with Crippen molar-refractivity contribution in [1.29, 1.82) is 0 Å². The van der Waals surface area contributed by atoms with Crippen molar-refractivity contribution >= 4 is 21.9 Å². The monoisotopic (exact) mass is 327 g/mol. The van der Waals surface area contributed by atoms with Crippen LogP contribution in [0.4, 0.5) is 0 Å². The molecule has 8 nitrogen and oxygen atoms in total. The summed E-state index contributed by atoms with van der Waals surface area (Å²) in [6.45, 7) is 0.814. The smallest absolute Gasteiger partial charge is 0.354 e. The number of pyridine rings is 1. The molecule has 1 saturated heterocycles. The highest BCUT2D eigenvalue weighted by Gasteiger charge is 2.26. The second kappa shape index (κ2) is 6.41. The van der Waals surface area contributed by atoms with Crippen LogP contribution < -0.4 is 4.72 Å². The van der Waals surface area contributed by atoms with Crippen molar-refractivity contribution in [3.05, 3.63) is 29.6 Å². The minimum atomic E-state index is -3.32. The number of likely N-dealkylation sites (tertiary alicyclic amines) is 1. The first-order chi connectivity index (χ1) is 10.3. The van der Waals surface area contributed by atoms with Gasteiger partial charge in [0.25, 0.3) is 5.91 Å². The van der Waals surface area contributed by atoms with Crippen molar-refractivity contribution in [3.8, 4) is 0 Å². The molecule has 2 N–H and O–H groups in total. The first-order valence-corrected chi connectivity index (χ1v) is 8.61. The molecule has 9 heteroatoms. The highest BCUT2D eigenvalue weighted by Crippen LogP contribution is 2.14. The summed E-state index contributed by atoms with van der Waals surface area (Å²) >= 11 is 0. The number of nitrogens with one attached hydrogen (secondary N) is 1. The average Bonchev–Trinajstić information content (AvgIpc) is 2.45. The molecule has 1 fully saturated rings. The van der Waals surface area contributed by atoms with Crippen LogP contribution in [0.25, 0.3) is 0 Å². The average molecular weight is 327 g/mol. The van der Waals surface area contributed by atoms with E-state index in [2.05, 4.69) is 9.71 Å². The maximum absolute atomic E-state index is 12.4. The SMILES string of the molecule is CS(=O)(=O)N[C@@H]1CCCN(C(=O)c2ccc(C(=O)O)nc2)C1. The lowest BCUT2D eigenvalue weighted by atomic mass is 10.1. The number of piperidine rings is 1. The molecule has 120 valence electrons. The number of carbonyl (C=O) groups is 2. The molecule has 0 aromatic carbocycles. The lowest BCUT2D eigenvalue weighted by Crippen LogP contribution is -2.49. The van der Waals surface area contributed by atoms with Crippen molar-refractivity contribution in [1.82, 2.24) is 14.6 Å². The summed E-state index contributed by atoms with van der Waals surface area (Å²) in [5.74, 6) is -1.45. The van der Waals surface area contributed by atoms with Gasteiger partial charge in [-0.15, -0.1) is 0 Å². The topological polar surface area (TPSA) is 117 Å². The Morgan fingerprint density at radius 2 is 2.14 bits per heavy atom. The fourth-order valence-corrected chi connectivity index (χ4v) is 3.19. The fraction of sp³-hybridized carbons (Fsp3) is 0.462. The molecule has 0 spiro atoms. The Morgan fingerprint density at radius 3 is 2.68 bits per heavy atom. The van der Waals surface area contributed by atoms with E-state index in [4.69, 9.17) is 5.11 Å². The number of amides is 1. The summed E-state index contributed by atoms with van der Waals surface area (Å²) in [6, 6.07) is 2.37. The van der Waals surface area contributed by atoms with Gasteiger partial charge in [-0.25, -0.2) is 22.9 Å². The fourth-order valence-electron chi connectivity index (χ4n) is 2.39. The van der Waals surface area contributed by atoms with Gasteiger partial charge in [0.1, 0.15) is 5.69 Å². The Bertz CT molecular complexity index is 671. The van der Waals surface area contributed by atoms with Gasteiger partial charge in [0, 0.05) is 25.3 Å². The minimum absolute atomic E-state index is 0.133. The number of hydrogen-bond donors (Lipinski definition) is 2. The summed E-state index contributed by atoms with van der Waals surface area (Å²) < 4.78 is 25.0. The van der Waals surface area contributed by atoms with Gasteiger partial charge in [0.05, 0.1) is 11.8 Å². The molecule has 0 radical (unpaired) electrons. The summed E-state index contributed by atoms with van der Waals surface area (Å²) in [7, 11) is -3.32. The van der Waals surface area contributed by atoms with E-state index in [-0.39, 0.29) is 29.8 Å². The van der Waals surface area contributed by atoms with Gasteiger partial charge in [-0.05, 0) is 25.0 Å². The van der Waals surface area contributed by atoms with Crippen LogP contribution in [0.3, 0.4) is 0 Å². The van der Waals surface area contributed by atoms with Crippen LogP contribution in [-0.4, -0.2) is 60.7 Å². The van der Waals surface area contributed by atoms with Gasteiger partial charge in [0.15, 0.2) is 0 Å². The maximum atomic E-state index is 12.4. The first kappa shape index (κ1) is 16.4. The van der Waals surface area contributed by atoms with Crippen LogP contribution in [0.5, 0.6) is 0 Å². The Hall–Kier alpha value is -2.00. The molecule has 0 unspecified atom stereocenters.